The molecule has 0 saturated heterocycles. The molecule has 1 aliphatic rings. The summed E-state index contributed by atoms with van der Waals surface area (Å²) in [6, 6.07) is 15.4. The summed E-state index contributed by atoms with van der Waals surface area (Å²) >= 11 is 1.69. The van der Waals surface area contributed by atoms with Gasteiger partial charge in [-0.1, -0.05) is 43.0 Å². The van der Waals surface area contributed by atoms with E-state index in [1.54, 1.807) is 11.8 Å². The van der Waals surface area contributed by atoms with Gasteiger partial charge in [0.15, 0.2) is 0 Å². The molecule has 3 rings (SSSR count). The number of carboxylic acids is 1. The van der Waals surface area contributed by atoms with Gasteiger partial charge in [0, 0.05) is 32.2 Å². The summed E-state index contributed by atoms with van der Waals surface area (Å²) in [7, 11) is 0. The predicted molar refractivity (Wildman–Crippen MR) is 80.9 cm³/mol. The number of carbonyl (C=O) groups is 1. The summed E-state index contributed by atoms with van der Waals surface area (Å²) < 4.78 is 0. The molecule has 1 unspecified atom stereocenters. The van der Waals surface area contributed by atoms with Crippen LogP contribution in [0.5, 0.6) is 0 Å². The molecule has 0 spiro atoms. The maximum atomic E-state index is 11.6. The first-order valence-corrected chi connectivity index (χ1v) is 7.42. The van der Waals surface area contributed by atoms with Crippen LogP contribution < -0.4 is 4.90 Å². The van der Waals surface area contributed by atoms with E-state index in [0.29, 0.717) is 6.42 Å². The van der Waals surface area contributed by atoms with Gasteiger partial charge < -0.3 is 10.0 Å². The molecule has 1 aliphatic heterocycles. The van der Waals surface area contributed by atoms with Crippen LogP contribution >= 0.6 is 11.8 Å². The van der Waals surface area contributed by atoms with Gasteiger partial charge in [-0.05, 0) is 30.7 Å². The molecule has 1 heterocycles. The Labute approximate surface area is 143 Å². The Morgan fingerprint density at radius 3 is 2.00 bits per heavy atom. The van der Waals surface area contributed by atoms with Gasteiger partial charge >= 0.3 is 5.97 Å². The molecule has 2 aromatic carbocycles. The van der Waals surface area contributed by atoms with Crippen molar-refractivity contribution in [2.45, 2.75) is 29.2 Å². The average Bonchev–Trinajstić information content (AvgIpc) is 2.47. The Morgan fingerprint density at radius 2 is 1.57 bits per heavy atom. The number of anilines is 2. The summed E-state index contributed by atoms with van der Waals surface area (Å²) in [5.41, 5.74) is 1.95. The van der Waals surface area contributed by atoms with E-state index in [-0.39, 0.29) is 22.4 Å². The number of benzene rings is 2. The zero-order valence-corrected chi connectivity index (χ0v) is 13.7. The molecule has 0 aliphatic carbocycles. The largest absolute Gasteiger partial charge is 0.480 e. The van der Waals surface area contributed by atoms with Crippen molar-refractivity contribution in [2.75, 3.05) is 4.90 Å². The maximum Gasteiger partial charge on any atom is 0.326 e. The summed E-state index contributed by atoms with van der Waals surface area (Å²) in [6.07, 6.45) is 0.558. The molecule has 1 radical (unpaired) electrons. The molecule has 1 N–H and O–H groups in total. The molecular formula is C16H15AgNO2S. The van der Waals surface area contributed by atoms with E-state index in [4.69, 9.17) is 0 Å². The number of hydrogen-bond donors (Lipinski definition) is 1. The van der Waals surface area contributed by atoms with Crippen LogP contribution in [0, 0.1) is 0 Å². The second-order valence-electron chi connectivity index (χ2n) is 4.67. The molecule has 113 valence electrons. The Morgan fingerprint density at radius 1 is 1.10 bits per heavy atom. The van der Waals surface area contributed by atoms with Crippen LogP contribution in [0.4, 0.5) is 11.4 Å². The van der Waals surface area contributed by atoms with Gasteiger partial charge in [0.25, 0.3) is 0 Å². The van der Waals surface area contributed by atoms with E-state index in [1.165, 1.54) is 0 Å². The summed E-state index contributed by atoms with van der Waals surface area (Å²) in [6.45, 7) is 1.91. The van der Waals surface area contributed by atoms with E-state index < -0.39 is 12.0 Å². The summed E-state index contributed by atoms with van der Waals surface area (Å²) in [5, 5.41) is 9.53. The first-order chi connectivity index (χ1) is 9.72. The Hall–Kier alpha value is -1.20. The molecule has 0 saturated carbocycles. The molecule has 21 heavy (non-hydrogen) atoms. The molecule has 0 bridgehead atoms. The summed E-state index contributed by atoms with van der Waals surface area (Å²) in [4.78, 5) is 15.8. The topological polar surface area (TPSA) is 40.5 Å². The fourth-order valence-electron chi connectivity index (χ4n) is 2.54. The van der Waals surface area contributed by atoms with Gasteiger partial charge in [-0.25, -0.2) is 4.79 Å². The zero-order chi connectivity index (χ0) is 14.1. The molecule has 2 aromatic rings. The maximum absolute atomic E-state index is 11.6. The van der Waals surface area contributed by atoms with Crippen molar-refractivity contribution in [3.63, 3.8) is 0 Å². The van der Waals surface area contributed by atoms with Crippen LogP contribution in [0.1, 0.15) is 13.3 Å². The number of para-hydroxylation sites is 2. The molecule has 3 nitrogen and oxygen atoms in total. The predicted octanol–water partition coefficient (Wildman–Crippen LogP) is 4.15. The minimum absolute atomic E-state index is 0. The van der Waals surface area contributed by atoms with E-state index in [0.717, 1.165) is 21.2 Å². The first kappa shape index (κ1) is 16.2. The molecular weight excluding hydrogens is 378 g/mol. The van der Waals surface area contributed by atoms with Crippen molar-refractivity contribution >= 4 is 29.1 Å². The van der Waals surface area contributed by atoms with Crippen molar-refractivity contribution in [3.8, 4) is 0 Å². The first-order valence-electron chi connectivity index (χ1n) is 6.60. The number of rotatable bonds is 3. The van der Waals surface area contributed by atoms with Crippen molar-refractivity contribution in [1.29, 1.82) is 0 Å². The van der Waals surface area contributed by atoms with E-state index in [9.17, 15) is 9.90 Å². The minimum Gasteiger partial charge on any atom is -0.480 e. The minimum atomic E-state index is -0.788. The van der Waals surface area contributed by atoms with Crippen molar-refractivity contribution < 1.29 is 32.3 Å². The fourth-order valence-corrected chi connectivity index (χ4v) is 3.61. The van der Waals surface area contributed by atoms with Gasteiger partial charge in [0.05, 0.1) is 11.4 Å². The number of nitrogens with zero attached hydrogens (tertiary/aromatic N) is 1. The number of fused-ring (bicyclic) bond motifs is 2. The Bertz CT molecular complexity index is 617. The van der Waals surface area contributed by atoms with E-state index >= 15 is 0 Å². The fraction of sp³-hybridized carbons (Fsp3) is 0.188. The molecule has 5 heteroatoms. The normalized spacial score (nSPS) is 13.7. The van der Waals surface area contributed by atoms with Crippen LogP contribution in [-0.2, 0) is 27.2 Å². The van der Waals surface area contributed by atoms with Crippen molar-refractivity contribution in [3.05, 3.63) is 48.5 Å². The third-order valence-electron chi connectivity index (χ3n) is 3.45. The second-order valence-corrected chi connectivity index (χ2v) is 5.75. The zero-order valence-electron chi connectivity index (χ0n) is 11.4. The van der Waals surface area contributed by atoms with Crippen LogP contribution in [-0.4, -0.2) is 17.1 Å². The van der Waals surface area contributed by atoms with E-state index in [1.807, 2.05) is 60.4 Å². The van der Waals surface area contributed by atoms with Crippen LogP contribution in [0.15, 0.2) is 58.3 Å². The monoisotopic (exact) mass is 392 g/mol. The Balaban J connectivity index is 0.00000161. The average molecular weight is 393 g/mol. The SMILES string of the molecule is CCC(C(=O)O)N1c2ccccc2Sc2ccccc21.[Ag]. The molecule has 0 fully saturated rings. The third kappa shape index (κ3) is 2.90. The van der Waals surface area contributed by atoms with Gasteiger partial charge in [0.2, 0.25) is 0 Å². The molecule has 1 atom stereocenters. The van der Waals surface area contributed by atoms with Crippen LogP contribution in [0.25, 0.3) is 0 Å². The number of hydrogen-bond acceptors (Lipinski definition) is 3. The van der Waals surface area contributed by atoms with Gasteiger partial charge in [0.1, 0.15) is 6.04 Å². The van der Waals surface area contributed by atoms with Crippen LogP contribution in [0.3, 0.4) is 0 Å². The second kappa shape index (κ2) is 6.71. The number of carboxylic acid groups (broad SMARTS) is 1. The molecule has 0 amide bonds. The van der Waals surface area contributed by atoms with Gasteiger partial charge in [-0.15, -0.1) is 0 Å². The third-order valence-corrected chi connectivity index (χ3v) is 4.58. The molecule has 0 aromatic heterocycles. The Kier molecular flexibility index (Phi) is 5.17. The van der Waals surface area contributed by atoms with Crippen LogP contribution in [0.2, 0.25) is 0 Å². The van der Waals surface area contributed by atoms with Crippen molar-refractivity contribution in [1.82, 2.24) is 0 Å². The van der Waals surface area contributed by atoms with Gasteiger partial charge in [-0.3, -0.25) is 0 Å². The smallest absolute Gasteiger partial charge is 0.326 e. The quantitative estimate of drug-likeness (QED) is 0.796. The standard InChI is InChI=1S/C16H15NO2S.Ag/c1-2-11(16(18)19)17-12-7-3-5-9-14(12)20-15-10-6-4-8-13(15)17;/h3-11H,2H2,1H3,(H,18,19);. The summed E-state index contributed by atoms with van der Waals surface area (Å²) in [5.74, 6) is -0.788. The van der Waals surface area contributed by atoms with Gasteiger partial charge in [-0.2, -0.15) is 0 Å². The van der Waals surface area contributed by atoms with Crippen molar-refractivity contribution in [2.24, 2.45) is 0 Å². The number of aliphatic carboxylic acids is 1. The van der Waals surface area contributed by atoms with E-state index in [2.05, 4.69) is 0 Å².